The Morgan fingerprint density at radius 1 is 1.22 bits per heavy atom. The maximum Gasteiger partial charge on any atom is 0.229 e. The lowest BCUT2D eigenvalue weighted by molar-refractivity contribution is 0.581. The third kappa shape index (κ3) is 1.76. The Kier molecular flexibility index (Phi) is 2.71. The van der Waals surface area contributed by atoms with Crippen molar-refractivity contribution < 1.29 is 4.39 Å². The quantitative estimate of drug-likeness (QED) is 0.633. The van der Waals surface area contributed by atoms with Gasteiger partial charge < -0.3 is 0 Å². The van der Waals surface area contributed by atoms with Gasteiger partial charge in [-0.1, -0.05) is 11.3 Å². The second-order valence-corrected chi connectivity index (χ2v) is 5.89. The molecule has 3 aromatic heterocycles. The molecule has 0 fully saturated rings. The van der Waals surface area contributed by atoms with Crippen molar-refractivity contribution in [3.05, 3.63) is 40.0 Å². The van der Waals surface area contributed by atoms with Gasteiger partial charge in [-0.15, -0.1) is 0 Å². The van der Waals surface area contributed by atoms with Crippen molar-refractivity contribution in [1.82, 2.24) is 14.5 Å². The zero-order chi connectivity index (χ0) is 12.9. The highest BCUT2D eigenvalue weighted by molar-refractivity contribution is 9.10. The summed E-state index contributed by atoms with van der Waals surface area (Å²) in [5, 5.41) is 0.815. The lowest BCUT2D eigenvalue weighted by Gasteiger charge is -2.03. The SMILES string of the molecule is Cc1ccc(C)n1-c1nc2nc(F)c(Br)cc2s1. The van der Waals surface area contributed by atoms with Gasteiger partial charge in [0.15, 0.2) is 10.8 Å². The van der Waals surface area contributed by atoms with Gasteiger partial charge >= 0.3 is 0 Å². The van der Waals surface area contributed by atoms with E-state index in [2.05, 4.69) is 25.9 Å². The fraction of sp³-hybridized carbons (Fsp3) is 0.167. The van der Waals surface area contributed by atoms with Gasteiger partial charge in [-0.3, -0.25) is 4.57 Å². The molecule has 18 heavy (non-hydrogen) atoms. The lowest BCUT2D eigenvalue weighted by atomic mass is 10.5. The molecule has 0 bridgehead atoms. The average molecular weight is 326 g/mol. The monoisotopic (exact) mass is 325 g/mol. The summed E-state index contributed by atoms with van der Waals surface area (Å²) in [7, 11) is 0. The molecule has 3 nitrogen and oxygen atoms in total. The zero-order valence-corrected chi connectivity index (χ0v) is 12.1. The van der Waals surface area contributed by atoms with E-state index in [0.717, 1.165) is 21.2 Å². The van der Waals surface area contributed by atoms with Gasteiger partial charge in [-0.25, -0.2) is 0 Å². The van der Waals surface area contributed by atoms with Crippen LogP contribution in [0.3, 0.4) is 0 Å². The van der Waals surface area contributed by atoms with Gasteiger partial charge in [0, 0.05) is 11.4 Å². The van der Waals surface area contributed by atoms with Gasteiger partial charge in [0.25, 0.3) is 0 Å². The van der Waals surface area contributed by atoms with E-state index in [0.29, 0.717) is 10.1 Å². The molecule has 0 aromatic carbocycles. The van der Waals surface area contributed by atoms with Crippen LogP contribution in [0.4, 0.5) is 4.39 Å². The highest BCUT2D eigenvalue weighted by Crippen LogP contribution is 2.29. The first-order chi connectivity index (χ1) is 8.56. The number of rotatable bonds is 1. The number of hydrogen-bond acceptors (Lipinski definition) is 3. The van der Waals surface area contributed by atoms with Crippen molar-refractivity contribution in [2.24, 2.45) is 0 Å². The summed E-state index contributed by atoms with van der Waals surface area (Å²) in [4.78, 5) is 8.23. The minimum absolute atomic E-state index is 0.367. The smallest absolute Gasteiger partial charge is 0.229 e. The van der Waals surface area contributed by atoms with Crippen LogP contribution in [0.1, 0.15) is 11.4 Å². The first-order valence-electron chi connectivity index (χ1n) is 5.34. The average Bonchev–Trinajstić information content (AvgIpc) is 2.83. The van der Waals surface area contributed by atoms with Crippen LogP contribution in [0.15, 0.2) is 22.7 Å². The topological polar surface area (TPSA) is 30.7 Å². The van der Waals surface area contributed by atoms with Crippen molar-refractivity contribution >= 4 is 37.6 Å². The van der Waals surface area contributed by atoms with Crippen LogP contribution in [-0.2, 0) is 0 Å². The molecule has 92 valence electrons. The Bertz CT molecular complexity index is 689. The summed E-state index contributed by atoms with van der Waals surface area (Å²) in [6.45, 7) is 4.03. The van der Waals surface area contributed by atoms with Gasteiger partial charge in [0.1, 0.15) is 0 Å². The van der Waals surface area contributed by atoms with E-state index in [1.165, 1.54) is 11.3 Å². The molecule has 3 aromatic rings. The molecule has 6 heteroatoms. The summed E-state index contributed by atoms with van der Waals surface area (Å²) in [6, 6.07) is 5.78. The molecule has 0 unspecified atom stereocenters. The van der Waals surface area contributed by atoms with Gasteiger partial charge in [0.05, 0.1) is 9.17 Å². The zero-order valence-electron chi connectivity index (χ0n) is 9.74. The summed E-state index contributed by atoms with van der Waals surface area (Å²) in [5.74, 6) is -0.528. The number of hydrogen-bond donors (Lipinski definition) is 0. The third-order valence-electron chi connectivity index (χ3n) is 2.74. The van der Waals surface area contributed by atoms with Crippen LogP contribution in [0.2, 0.25) is 0 Å². The van der Waals surface area contributed by atoms with E-state index < -0.39 is 5.95 Å². The molecule has 0 aliphatic rings. The highest BCUT2D eigenvalue weighted by Gasteiger charge is 2.12. The summed E-state index contributed by atoms with van der Waals surface area (Å²) in [5.41, 5.74) is 2.65. The third-order valence-corrected chi connectivity index (χ3v) is 4.28. The van der Waals surface area contributed by atoms with E-state index in [1.807, 2.05) is 30.5 Å². The molecule has 0 saturated carbocycles. The Morgan fingerprint density at radius 2 is 1.89 bits per heavy atom. The molecule has 0 saturated heterocycles. The Hall–Kier alpha value is -1.27. The predicted octanol–water partition coefficient (Wildman–Crippen LogP) is 4.00. The summed E-state index contributed by atoms with van der Waals surface area (Å²) < 4.78 is 16.6. The molecule has 0 aliphatic carbocycles. The van der Waals surface area contributed by atoms with E-state index in [-0.39, 0.29) is 0 Å². The molecule has 0 amide bonds. The Morgan fingerprint density at radius 3 is 2.56 bits per heavy atom. The second-order valence-electron chi connectivity index (χ2n) is 4.03. The highest BCUT2D eigenvalue weighted by atomic mass is 79.9. The van der Waals surface area contributed by atoms with Crippen molar-refractivity contribution in [1.29, 1.82) is 0 Å². The molecular weight excluding hydrogens is 317 g/mol. The van der Waals surface area contributed by atoms with Crippen LogP contribution < -0.4 is 0 Å². The summed E-state index contributed by atoms with van der Waals surface area (Å²) >= 11 is 4.64. The van der Waals surface area contributed by atoms with Gasteiger partial charge in [0.2, 0.25) is 5.95 Å². The second kappa shape index (κ2) is 4.13. The van der Waals surface area contributed by atoms with E-state index in [9.17, 15) is 4.39 Å². The van der Waals surface area contributed by atoms with Crippen molar-refractivity contribution in [3.63, 3.8) is 0 Å². The fourth-order valence-electron chi connectivity index (χ4n) is 1.87. The molecule has 0 spiro atoms. The number of aryl methyl sites for hydroxylation is 2. The number of nitrogens with zero attached hydrogens (tertiary/aromatic N) is 3. The molecular formula is C12H9BrFN3S. The number of fused-ring (bicyclic) bond motifs is 1. The maximum absolute atomic E-state index is 13.4. The first kappa shape index (κ1) is 11.8. The first-order valence-corrected chi connectivity index (χ1v) is 6.95. The molecule has 0 radical (unpaired) electrons. The molecule has 0 N–H and O–H groups in total. The van der Waals surface area contributed by atoms with Gasteiger partial charge in [-0.2, -0.15) is 14.4 Å². The minimum Gasteiger partial charge on any atom is -0.295 e. The fourth-order valence-corrected chi connectivity index (χ4v) is 3.41. The minimum atomic E-state index is -0.528. The largest absolute Gasteiger partial charge is 0.295 e. The molecule has 3 heterocycles. The maximum atomic E-state index is 13.4. The number of aromatic nitrogens is 3. The standard InChI is InChI=1S/C12H9BrFN3S/c1-6-3-4-7(2)17(6)12-16-11-9(18-12)5-8(13)10(14)15-11/h3-5H,1-2H3. The molecule has 3 rings (SSSR count). The van der Waals surface area contributed by atoms with Crippen LogP contribution in [-0.4, -0.2) is 14.5 Å². The predicted molar refractivity (Wildman–Crippen MR) is 73.9 cm³/mol. The van der Waals surface area contributed by atoms with Crippen LogP contribution in [0.5, 0.6) is 0 Å². The van der Waals surface area contributed by atoms with Crippen LogP contribution in [0.25, 0.3) is 15.5 Å². The van der Waals surface area contributed by atoms with Crippen molar-refractivity contribution in [2.75, 3.05) is 0 Å². The van der Waals surface area contributed by atoms with Crippen LogP contribution >= 0.6 is 27.3 Å². The van der Waals surface area contributed by atoms with E-state index in [1.54, 1.807) is 6.07 Å². The van der Waals surface area contributed by atoms with Gasteiger partial charge in [-0.05, 0) is 48.0 Å². The lowest BCUT2D eigenvalue weighted by Crippen LogP contribution is -1.97. The molecule has 0 aliphatic heterocycles. The number of pyridine rings is 1. The van der Waals surface area contributed by atoms with E-state index >= 15 is 0 Å². The van der Waals surface area contributed by atoms with E-state index in [4.69, 9.17) is 0 Å². The Labute approximate surface area is 115 Å². The van der Waals surface area contributed by atoms with Crippen molar-refractivity contribution in [2.45, 2.75) is 13.8 Å². The number of halogens is 2. The summed E-state index contributed by atoms with van der Waals surface area (Å²) in [6.07, 6.45) is 0. The molecule has 0 atom stereocenters. The normalized spacial score (nSPS) is 11.3. The van der Waals surface area contributed by atoms with Crippen LogP contribution in [0, 0.1) is 19.8 Å². The number of thiazole rings is 1. The Balaban J connectivity index is 2.26. The van der Waals surface area contributed by atoms with Crippen molar-refractivity contribution in [3.8, 4) is 5.13 Å².